The van der Waals surface area contributed by atoms with E-state index in [9.17, 15) is 10.1 Å². The van der Waals surface area contributed by atoms with E-state index < -0.39 is 5.66 Å². The number of benzene rings is 2. The third kappa shape index (κ3) is 5.29. The number of nitro benzene ring substituents is 1. The molecule has 0 bridgehead atoms. The number of nitrogens with zero attached hydrogens (tertiary/aromatic N) is 6. The van der Waals surface area contributed by atoms with Gasteiger partial charge < -0.3 is 4.90 Å². The van der Waals surface area contributed by atoms with Gasteiger partial charge in [-0.2, -0.15) is 0 Å². The Labute approximate surface area is 217 Å². The van der Waals surface area contributed by atoms with E-state index in [1.54, 1.807) is 18.3 Å². The molecule has 1 unspecified atom stereocenters. The summed E-state index contributed by atoms with van der Waals surface area (Å²) >= 11 is 0. The number of aliphatic imine (C=N–C) groups is 1. The molecular weight excluding hydrogens is 466 g/mol. The molecule has 1 fully saturated rings. The highest BCUT2D eigenvalue weighted by Crippen LogP contribution is 2.38. The van der Waals surface area contributed by atoms with Crippen molar-refractivity contribution in [2.75, 3.05) is 39.3 Å². The number of rotatable bonds is 9. The van der Waals surface area contributed by atoms with Crippen LogP contribution in [-0.2, 0) is 18.6 Å². The Morgan fingerprint density at radius 2 is 1.84 bits per heavy atom. The first-order valence-electron chi connectivity index (χ1n) is 12.9. The molecule has 2 aliphatic rings. The van der Waals surface area contributed by atoms with Gasteiger partial charge >= 0.3 is 0 Å². The molecule has 1 N–H and O–H groups in total. The highest BCUT2D eigenvalue weighted by atomic mass is 16.6. The lowest BCUT2D eigenvalue weighted by molar-refractivity contribution is -0.385. The maximum absolute atomic E-state index is 12.1. The predicted octanol–water partition coefficient (Wildman–Crippen LogP) is 3.69. The quantitative estimate of drug-likeness (QED) is 0.354. The first-order valence-corrected chi connectivity index (χ1v) is 12.9. The van der Waals surface area contributed by atoms with E-state index in [0.29, 0.717) is 29.4 Å². The lowest BCUT2D eigenvalue weighted by atomic mass is 9.93. The maximum atomic E-state index is 12.1. The molecule has 3 aromatic rings. The third-order valence-corrected chi connectivity index (χ3v) is 7.32. The van der Waals surface area contributed by atoms with Gasteiger partial charge in [-0.1, -0.05) is 38.1 Å². The molecule has 2 aliphatic heterocycles. The Balaban J connectivity index is 1.44. The zero-order chi connectivity index (χ0) is 25.8. The third-order valence-electron chi connectivity index (χ3n) is 7.32. The minimum Gasteiger partial charge on any atom is -0.301 e. The van der Waals surface area contributed by atoms with Gasteiger partial charge in [-0.05, 0) is 48.4 Å². The van der Waals surface area contributed by atoms with Gasteiger partial charge in [0.05, 0.1) is 16.0 Å². The van der Waals surface area contributed by atoms with Gasteiger partial charge in [0.25, 0.3) is 5.69 Å². The first-order chi connectivity index (χ1) is 18.0. The zero-order valence-corrected chi connectivity index (χ0v) is 21.4. The largest absolute Gasteiger partial charge is 0.301 e. The van der Waals surface area contributed by atoms with Crippen molar-refractivity contribution in [3.05, 3.63) is 87.4 Å². The summed E-state index contributed by atoms with van der Waals surface area (Å²) < 4.78 is 0. The molecule has 2 aromatic carbocycles. The fourth-order valence-electron chi connectivity index (χ4n) is 5.32. The van der Waals surface area contributed by atoms with Crippen LogP contribution < -0.4 is 5.32 Å². The second-order valence-corrected chi connectivity index (χ2v) is 9.64. The molecule has 5 rings (SSSR count). The highest BCUT2D eigenvalue weighted by Gasteiger charge is 2.38. The number of nitrogens with one attached hydrogen (secondary N) is 1. The highest BCUT2D eigenvalue weighted by molar-refractivity contribution is 5.86. The molecule has 1 atom stereocenters. The van der Waals surface area contributed by atoms with Crippen LogP contribution in [0.3, 0.4) is 0 Å². The van der Waals surface area contributed by atoms with Crippen LogP contribution in [-0.4, -0.2) is 70.2 Å². The monoisotopic (exact) mass is 499 g/mol. The molecule has 0 aliphatic carbocycles. The Morgan fingerprint density at radius 1 is 1.08 bits per heavy atom. The molecular formula is C28H33N7O2. The van der Waals surface area contributed by atoms with Crippen molar-refractivity contribution in [2.45, 2.75) is 32.5 Å². The van der Waals surface area contributed by atoms with Gasteiger partial charge in [-0.15, -0.1) is 0 Å². The topological polar surface area (TPSA) is 99.8 Å². The van der Waals surface area contributed by atoms with E-state index in [4.69, 9.17) is 4.99 Å². The molecule has 1 aromatic heterocycles. The number of hydrogen-bond acceptors (Lipinski definition) is 8. The molecule has 0 amide bonds. The lowest BCUT2D eigenvalue weighted by Gasteiger charge is -2.34. The predicted molar refractivity (Wildman–Crippen MR) is 146 cm³/mol. The van der Waals surface area contributed by atoms with E-state index >= 15 is 0 Å². The minimum atomic E-state index is -1.02. The van der Waals surface area contributed by atoms with Crippen LogP contribution in [0.2, 0.25) is 0 Å². The first kappa shape index (κ1) is 25.1. The van der Waals surface area contributed by atoms with Crippen molar-refractivity contribution >= 4 is 22.8 Å². The molecule has 37 heavy (non-hydrogen) atoms. The fourth-order valence-corrected chi connectivity index (χ4v) is 5.32. The summed E-state index contributed by atoms with van der Waals surface area (Å²) in [6.07, 6.45) is 7.65. The maximum Gasteiger partial charge on any atom is 0.277 e. The van der Waals surface area contributed by atoms with Gasteiger partial charge in [0.1, 0.15) is 6.33 Å². The van der Waals surface area contributed by atoms with Crippen LogP contribution >= 0.6 is 0 Å². The van der Waals surface area contributed by atoms with Crippen LogP contribution in [0.1, 0.15) is 30.5 Å². The summed E-state index contributed by atoms with van der Waals surface area (Å²) in [5.41, 5.74) is 3.72. The lowest BCUT2D eigenvalue weighted by Crippen LogP contribution is -2.45. The summed E-state index contributed by atoms with van der Waals surface area (Å²) in [6, 6.07) is 11.9. The van der Waals surface area contributed by atoms with Crippen molar-refractivity contribution in [3.8, 4) is 0 Å². The Kier molecular flexibility index (Phi) is 7.36. The van der Waals surface area contributed by atoms with Gasteiger partial charge in [-0.3, -0.25) is 25.3 Å². The average Bonchev–Trinajstić information content (AvgIpc) is 3.33. The van der Waals surface area contributed by atoms with E-state index in [-0.39, 0.29) is 10.6 Å². The van der Waals surface area contributed by atoms with E-state index in [2.05, 4.69) is 56.3 Å². The molecule has 0 radical (unpaired) electrons. The molecule has 0 saturated carbocycles. The van der Waals surface area contributed by atoms with Crippen LogP contribution in [0.25, 0.3) is 10.9 Å². The fraction of sp³-hybridized carbons (Fsp3) is 0.393. The second-order valence-electron chi connectivity index (χ2n) is 9.64. The van der Waals surface area contributed by atoms with Crippen molar-refractivity contribution in [2.24, 2.45) is 4.99 Å². The summed E-state index contributed by atoms with van der Waals surface area (Å²) in [4.78, 5) is 29.9. The number of allylic oxidation sites excluding steroid dienone is 1. The standard InChI is InChI=1S/C28H33N7O2/c1-3-31-28(25-15-26-24(18-29-20-30-26)14-27(25)35(36)37)16-21(17-32-28)13-22-7-5-6-8-23(22)19-34-11-9-33(4-2)10-12-34/h5-8,14-18,20,31H,3-4,9-13,19H2,1-2H3. The summed E-state index contributed by atoms with van der Waals surface area (Å²) in [6.45, 7) is 11.2. The van der Waals surface area contributed by atoms with Crippen LogP contribution in [0.5, 0.6) is 0 Å². The smallest absolute Gasteiger partial charge is 0.277 e. The van der Waals surface area contributed by atoms with Gasteiger partial charge in [0, 0.05) is 56.6 Å². The van der Waals surface area contributed by atoms with Crippen molar-refractivity contribution < 1.29 is 4.92 Å². The second kappa shape index (κ2) is 10.8. The van der Waals surface area contributed by atoms with Crippen molar-refractivity contribution in [3.63, 3.8) is 0 Å². The van der Waals surface area contributed by atoms with Gasteiger partial charge in [0.15, 0.2) is 5.66 Å². The van der Waals surface area contributed by atoms with Crippen LogP contribution in [0, 0.1) is 10.1 Å². The molecule has 1 saturated heterocycles. The number of nitro groups is 1. The Hall–Kier alpha value is -3.53. The average molecular weight is 500 g/mol. The Morgan fingerprint density at radius 3 is 2.57 bits per heavy atom. The number of hydrogen-bond donors (Lipinski definition) is 1. The molecule has 3 heterocycles. The summed E-state index contributed by atoms with van der Waals surface area (Å²) in [7, 11) is 0. The zero-order valence-electron chi connectivity index (χ0n) is 21.4. The van der Waals surface area contributed by atoms with Crippen molar-refractivity contribution in [1.82, 2.24) is 25.1 Å². The normalized spacial score (nSPS) is 20.4. The Bertz CT molecular complexity index is 1350. The number of fused-ring (bicyclic) bond motifs is 1. The van der Waals surface area contributed by atoms with Crippen LogP contribution in [0.4, 0.5) is 5.69 Å². The summed E-state index contributed by atoms with van der Waals surface area (Å²) in [5, 5.41) is 16.1. The summed E-state index contributed by atoms with van der Waals surface area (Å²) in [5.74, 6) is 0. The SMILES string of the molecule is CCNC1(c2cc3ncncc3cc2[N+](=O)[O-])C=C(Cc2ccccc2CN2CCN(CC)CC2)C=N1. The molecule has 9 nitrogen and oxygen atoms in total. The number of likely N-dealkylation sites (N-methyl/N-ethyl adjacent to an activating group) is 2. The van der Waals surface area contributed by atoms with Gasteiger partial charge in [-0.25, -0.2) is 9.97 Å². The molecule has 192 valence electrons. The molecule has 0 spiro atoms. The number of piperazine rings is 1. The minimum absolute atomic E-state index is 0.00419. The van der Waals surface area contributed by atoms with Crippen molar-refractivity contribution in [1.29, 1.82) is 0 Å². The van der Waals surface area contributed by atoms with E-state index in [0.717, 1.165) is 44.8 Å². The van der Waals surface area contributed by atoms with Gasteiger partial charge in [0.2, 0.25) is 0 Å². The van der Waals surface area contributed by atoms with E-state index in [1.165, 1.54) is 17.5 Å². The van der Waals surface area contributed by atoms with Crippen LogP contribution in [0.15, 0.2) is 65.6 Å². The van der Waals surface area contributed by atoms with E-state index in [1.807, 2.05) is 19.2 Å². The number of aromatic nitrogens is 2. The molecule has 9 heteroatoms.